The van der Waals surface area contributed by atoms with Gasteiger partial charge in [-0.2, -0.15) is 5.10 Å². The van der Waals surface area contributed by atoms with Gasteiger partial charge in [-0.1, -0.05) is 47.1 Å². The number of benzene rings is 2. The highest BCUT2D eigenvalue weighted by atomic mass is 35.5. The Morgan fingerprint density at radius 3 is 2.59 bits per heavy atom. The molecule has 0 radical (unpaired) electrons. The molecule has 0 aliphatic heterocycles. The highest BCUT2D eigenvalue weighted by Crippen LogP contribution is 2.26. The Balaban J connectivity index is 1.44. The summed E-state index contributed by atoms with van der Waals surface area (Å²) in [5, 5.41) is 20.3. The highest BCUT2D eigenvalue weighted by Gasteiger charge is 2.20. The molecule has 5 N–H and O–H groups in total. The van der Waals surface area contributed by atoms with Gasteiger partial charge in [-0.3, -0.25) is 14.7 Å². The van der Waals surface area contributed by atoms with Crippen LogP contribution in [-0.2, 0) is 6.54 Å². The third-order valence-electron chi connectivity index (χ3n) is 5.36. The van der Waals surface area contributed by atoms with Crippen LogP contribution in [0, 0.1) is 0 Å². The topological polar surface area (TPSA) is 156 Å². The van der Waals surface area contributed by atoms with E-state index in [4.69, 9.17) is 17.3 Å². The van der Waals surface area contributed by atoms with Crippen molar-refractivity contribution in [1.29, 1.82) is 0 Å². The molecular formula is C25H20ClN9O2. The molecule has 2 amide bonds. The molecule has 0 fully saturated rings. The minimum atomic E-state index is -0.484. The van der Waals surface area contributed by atoms with Crippen molar-refractivity contribution < 1.29 is 9.59 Å². The van der Waals surface area contributed by atoms with Crippen molar-refractivity contribution in [2.45, 2.75) is 6.54 Å². The number of nitrogens with zero attached hydrogens (tertiary/aromatic N) is 5. The van der Waals surface area contributed by atoms with Gasteiger partial charge in [-0.25, -0.2) is 9.67 Å². The molecule has 0 spiro atoms. The Labute approximate surface area is 215 Å². The van der Waals surface area contributed by atoms with Gasteiger partial charge >= 0.3 is 0 Å². The number of amides is 2. The molecular weight excluding hydrogens is 494 g/mol. The SMILES string of the molecule is Nc1cccc(-c2ccc(Cl)c(C(=O)Nc3cc(C(=O)NCc4c[nH]nn4)nn3-c3ccccc3)c2)n1. The number of hydrogen-bond acceptors (Lipinski definition) is 7. The van der Waals surface area contributed by atoms with Crippen LogP contribution in [0.2, 0.25) is 5.02 Å². The number of hydrogen-bond donors (Lipinski definition) is 4. The van der Waals surface area contributed by atoms with Gasteiger partial charge in [0.05, 0.1) is 28.5 Å². The molecule has 0 atom stereocenters. The first-order chi connectivity index (χ1) is 18.0. The van der Waals surface area contributed by atoms with E-state index in [2.05, 4.69) is 36.1 Å². The summed E-state index contributed by atoms with van der Waals surface area (Å²) < 4.78 is 1.47. The normalized spacial score (nSPS) is 10.7. The fraction of sp³-hybridized carbons (Fsp3) is 0.0400. The predicted molar refractivity (Wildman–Crippen MR) is 138 cm³/mol. The second-order valence-corrected chi connectivity index (χ2v) is 8.31. The molecule has 5 aromatic rings. The van der Waals surface area contributed by atoms with Crippen molar-refractivity contribution >= 4 is 35.1 Å². The van der Waals surface area contributed by atoms with Crippen LogP contribution in [0.25, 0.3) is 16.9 Å². The molecule has 0 aliphatic carbocycles. The molecule has 2 aromatic carbocycles. The van der Waals surface area contributed by atoms with Crippen LogP contribution in [0.5, 0.6) is 0 Å². The van der Waals surface area contributed by atoms with Crippen LogP contribution >= 0.6 is 11.6 Å². The maximum atomic E-state index is 13.3. The van der Waals surface area contributed by atoms with Crippen LogP contribution in [0.3, 0.4) is 0 Å². The van der Waals surface area contributed by atoms with E-state index in [1.54, 1.807) is 54.7 Å². The number of carbonyl (C=O) groups is 2. The van der Waals surface area contributed by atoms with Gasteiger partial charge in [0.2, 0.25) is 0 Å². The fourth-order valence-electron chi connectivity index (χ4n) is 3.57. The largest absolute Gasteiger partial charge is 0.384 e. The number of nitrogens with one attached hydrogen (secondary N) is 3. The van der Waals surface area contributed by atoms with E-state index in [-0.39, 0.29) is 28.6 Å². The predicted octanol–water partition coefficient (Wildman–Crippen LogP) is 3.47. The van der Waals surface area contributed by atoms with Crippen molar-refractivity contribution in [3.05, 3.63) is 101 Å². The number of nitrogens with two attached hydrogens (primary N) is 1. The summed E-state index contributed by atoms with van der Waals surface area (Å²) in [7, 11) is 0. The zero-order valence-corrected chi connectivity index (χ0v) is 20.0. The molecule has 0 unspecified atom stereocenters. The molecule has 3 heterocycles. The summed E-state index contributed by atoms with van der Waals surface area (Å²) in [6.07, 6.45) is 1.58. The van der Waals surface area contributed by atoms with E-state index >= 15 is 0 Å². The summed E-state index contributed by atoms with van der Waals surface area (Å²) in [6.45, 7) is 0.162. The molecule has 0 bridgehead atoms. The summed E-state index contributed by atoms with van der Waals surface area (Å²) in [5.74, 6) is -0.283. The first-order valence-electron chi connectivity index (χ1n) is 11.1. The maximum Gasteiger partial charge on any atom is 0.272 e. The third-order valence-corrected chi connectivity index (χ3v) is 5.69. The lowest BCUT2D eigenvalue weighted by atomic mass is 10.1. The second-order valence-electron chi connectivity index (χ2n) is 7.91. The lowest BCUT2D eigenvalue weighted by Gasteiger charge is -2.11. The number of para-hydroxylation sites is 1. The number of aromatic amines is 1. The number of carbonyl (C=O) groups excluding carboxylic acids is 2. The molecule has 0 saturated heterocycles. The Morgan fingerprint density at radius 2 is 1.84 bits per heavy atom. The summed E-state index contributed by atoms with van der Waals surface area (Å²) in [5.41, 5.74) is 8.62. The van der Waals surface area contributed by atoms with E-state index in [1.807, 2.05) is 18.2 Å². The second kappa shape index (κ2) is 10.3. The Kier molecular flexibility index (Phi) is 6.60. The van der Waals surface area contributed by atoms with E-state index in [9.17, 15) is 9.59 Å². The number of halogens is 1. The van der Waals surface area contributed by atoms with Crippen LogP contribution < -0.4 is 16.4 Å². The molecule has 0 saturated carbocycles. The lowest BCUT2D eigenvalue weighted by molar-refractivity contribution is 0.0944. The van der Waals surface area contributed by atoms with Crippen LogP contribution in [0.1, 0.15) is 26.5 Å². The van der Waals surface area contributed by atoms with Gasteiger partial charge in [-0.15, -0.1) is 5.10 Å². The fourth-order valence-corrected chi connectivity index (χ4v) is 3.78. The Hall–Kier alpha value is -5.03. The van der Waals surface area contributed by atoms with Crippen molar-refractivity contribution in [3.8, 4) is 16.9 Å². The Morgan fingerprint density at radius 1 is 1.00 bits per heavy atom. The monoisotopic (exact) mass is 513 g/mol. The Bertz CT molecular complexity index is 1570. The number of pyridine rings is 1. The lowest BCUT2D eigenvalue weighted by Crippen LogP contribution is -2.23. The number of aromatic nitrogens is 6. The van der Waals surface area contributed by atoms with E-state index in [1.165, 1.54) is 10.7 Å². The highest BCUT2D eigenvalue weighted by molar-refractivity contribution is 6.34. The van der Waals surface area contributed by atoms with Gasteiger partial charge in [0.1, 0.15) is 17.3 Å². The van der Waals surface area contributed by atoms with E-state index in [0.29, 0.717) is 28.5 Å². The molecule has 11 nitrogen and oxygen atoms in total. The van der Waals surface area contributed by atoms with Gasteiger partial charge in [-0.05, 0) is 36.4 Å². The molecule has 184 valence electrons. The molecule has 0 aliphatic rings. The van der Waals surface area contributed by atoms with Crippen LogP contribution in [-0.4, -0.2) is 42.0 Å². The third kappa shape index (κ3) is 5.31. The summed E-state index contributed by atoms with van der Waals surface area (Å²) >= 11 is 6.37. The van der Waals surface area contributed by atoms with Gasteiger partial charge in [0, 0.05) is 17.8 Å². The maximum absolute atomic E-state index is 13.3. The molecule has 12 heteroatoms. The average molecular weight is 514 g/mol. The number of anilines is 2. The standard InChI is InChI=1S/C25H20ClN9O2/c26-19-10-9-15(20-7-4-8-22(27)30-20)11-18(19)24(36)31-23-12-21(25(37)28-13-16-14-29-34-32-16)33-35(23)17-5-2-1-3-6-17/h1-12,14H,13H2,(H2,27,30)(H,28,37)(H,31,36)(H,29,32,34). The number of nitrogen functional groups attached to an aromatic ring is 1. The zero-order valence-electron chi connectivity index (χ0n) is 19.2. The van der Waals surface area contributed by atoms with Crippen molar-refractivity contribution in [2.75, 3.05) is 11.1 Å². The number of rotatable bonds is 7. The summed E-state index contributed by atoms with van der Waals surface area (Å²) in [6, 6.07) is 20.9. The van der Waals surface area contributed by atoms with Gasteiger partial charge < -0.3 is 16.4 Å². The van der Waals surface area contributed by atoms with Gasteiger partial charge in [0.25, 0.3) is 11.8 Å². The van der Waals surface area contributed by atoms with Crippen molar-refractivity contribution in [2.24, 2.45) is 0 Å². The first kappa shape index (κ1) is 23.7. The number of H-pyrrole nitrogens is 1. The minimum absolute atomic E-state index is 0.103. The average Bonchev–Trinajstić information content (AvgIpc) is 3.58. The van der Waals surface area contributed by atoms with E-state index in [0.717, 1.165) is 0 Å². The molecule has 3 aromatic heterocycles. The molecule has 37 heavy (non-hydrogen) atoms. The summed E-state index contributed by atoms with van der Waals surface area (Å²) in [4.78, 5) is 30.4. The van der Waals surface area contributed by atoms with Crippen LogP contribution in [0.15, 0.2) is 79.0 Å². The first-order valence-corrected chi connectivity index (χ1v) is 11.5. The smallest absolute Gasteiger partial charge is 0.272 e. The van der Waals surface area contributed by atoms with Gasteiger partial charge in [0.15, 0.2) is 5.69 Å². The van der Waals surface area contributed by atoms with Crippen molar-refractivity contribution in [1.82, 2.24) is 35.5 Å². The van der Waals surface area contributed by atoms with E-state index < -0.39 is 11.8 Å². The minimum Gasteiger partial charge on any atom is -0.384 e. The quantitative estimate of drug-likeness (QED) is 0.259. The van der Waals surface area contributed by atoms with Crippen molar-refractivity contribution in [3.63, 3.8) is 0 Å². The molecule has 5 rings (SSSR count). The zero-order chi connectivity index (χ0) is 25.8. The van der Waals surface area contributed by atoms with Crippen LogP contribution in [0.4, 0.5) is 11.6 Å².